The van der Waals surface area contributed by atoms with E-state index in [0.29, 0.717) is 24.2 Å². The smallest absolute Gasteiger partial charge is 0.222 e. The molecule has 2 aromatic carbocycles. The summed E-state index contributed by atoms with van der Waals surface area (Å²) in [5.74, 6) is 1.52. The molecule has 4 rings (SSSR count). The van der Waals surface area contributed by atoms with E-state index in [2.05, 4.69) is 97.7 Å². The van der Waals surface area contributed by atoms with Crippen molar-refractivity contribution >= 4 is 11.6 Å². The summed E-state index contributed by atoms with van der Waals surface area (Å²) >= 11 is 0. The minimum absolute atomic E-state index is 0.129. The van der Waals surface area contributed by atoms with E-state index in [9.17, 15) is 4.79 Å². The predicted molar refractivity (Wildman–Crippen MR) is 150 cm³/mol. The summed E-state index contributed by atoms with van der Waals surface area (Å²) in [6.07, 6.45) is 3.95. The molecule has 5 nitrogen and oxygen atoms in total. The molecular weight excluding hydrogens is 444 g/mol. The molecule has 1 N–H and O–H groups in total. The van der Waals surface area contributed by atoms with E-state index >= 15 is 0 Å². The maximum absolute atomic E-state index is 13.2. The van der Waals surface area contributed by atoms with E-state index in [1.165, 1.54) is 16.8 Å². The first-order valence-electron chi connectivity index (χ1n) is 13.8. The SMILES string of the molecule is CC(C)C(CC(=O)N(C)CCCN1CCC(c2ccccc2)(N(C)C)CC1)C1CNc2ccccc21. The van der Waals surface area contributed by atoms with Gasteiger partial charge in [0.05, 0.1) is 0 Å². The summed E-state index contributed by atoms with van der Waals surface area (Å²) in [5, 5.41) is 3.55. The molecule has 2 unspecified atom stereocenters. The number of nitrogens with one attached hydrogen (secondary N) is 1. The van der Waals surface area contributed by atoms with Crippen LogP contribution in [0.3, 0.4) is 0 Å². The monoisotopic (exact) mass is 490 g/mol. The van der Waals surface area contributed by atoms with E-state index in [1.54, 1.807) is 0 Å². The zero-order chi connectivity index (χ0) is 25.7. The van der Waals surface area contributed by atoms with Gasteiger partial charge in [0.1, 0.15) is 0 Å². The van der Waals surface area contributed by atoms with Gasteiger partial charge in [-0.25, -0.2) is 0 Å². The number of likely N-dealkylation sites (tertiary alicyclic amines) is 1. The highest BCUT2D eigenvalue weighted by molar-refractivity contribution is 5.76. The van der Waals surface area contributed by atoms with Gasteiger partial charge in [-0.1, -0.05) is 62.4 Å². The average molecular weight is 491 g/mol. The van der Waals surface area contributed by atoms with Crippen LogP contribution in [0, 0.1) is 11.8 Å². The molecule has 0 aromatic heterocycles. The lowest BCUT2D eigenvalue weighted by atomic mass is 9.78. The quantitative estimate of drug-likeness (QED) is 0.493. The summed E-state index contributed by atoms with van der Waals surface area (Å²) in [7, 11) is 6.42. The van der Waals surface area contributed by atoms with Crippen LogP contribution in [0.15, 0.2) is 54.6 Å². The Balaban J connectivity index is 1.25. The molecule has 2 heterocycles. The molecule has 1 amide bonds. The highest BCUT2D eigenvalue weighted by Gasteiger charge is 2.38. The van der Waals surface area contributed by atoms with Crippen molar-refractivity contribution in [3.8, 4) is 0 Å². The number of benzene rings is 2. The number of carbonyl (C=O) groups excluding carboxylic acids is 1. The Hall–Kier alpha value is -2.37. The van der Waals surface area contributed by atoms with Gasteiger partial charge in [0, 0.05) is 56.8 Å². The lowest BCUT2D eigenvalue weighted by Crippen LogP contribution is -2.50. The molecule has 1 saturated heterocycles. The molecular formula is C31H46N4O. The number of anilines is 1. The predicted octanol–water partition coefficient (Wildman–Crippen LogP) is 5.26. The Morgan fingerprint density at radius 2 is 1.69 bits per heavy atom. The number of carbonyl (C=O) groups is 1. The fourth-order valence-corrected chi connectivity index (χ4v) is 6.44. The zero-order valence-electron chi connectivity index (χ0n) is 23.0. The Labute approximate surface area is 218 Å². The van der Waals surface area contributed by atoms with E-state index in [4.69, 9.17) is 0 Å². The van der Waals surface area contributed by atoms with Gasteiger partial charge in [0.25, 0.3) is 0 Å². The third kappa shape index (κ3) is 5.78. The van der Waals surface area contributed by atoms with Gasteiger partial charge in [0.15, 0.2) is 0 Å². The summed E-state index contributed by atoms with van der Waals surface area (Å²) < 4.78 is 0. The van der Waals surface area contributed by atoms with Gasteiger partial charge in [-0.15, -0.1) is 0 Å². The molecule has 5 heteroatoms. The lowest BCUT2D eigenvalue weighted by molar-refractivity contribution is -0.131. The maximum atomic E-state index is 13.2. The maximum Gasteiger partial charge on any atom is 0.222 e. The number of rotatable bonds is 10. The summed E-state index contributed by atoms with van der Waals surface area (Å²) in [6.45, 7) is 9.56. The Morgan fingerprint density at radius 3 is 2.36 bits per heavy atom. The Kier molecular flexibility index (Phi) is 8.74. The van der Waals surface area contributed by atoms with Crippen LogP contribution < -0.4 is 5.32 Å². The van der Waals surface area contributed by atoms with Gasteiger partial charge in [-0.2, -0.15) is 0 Å². The molecule has 0 saturated carbocycles. The van der Waals surface area contributed by atoms with Crippen molar-refractivity contribution in [2.75, 3.05) is 59.2 Å². The van der Waals surface area contributed by atoms with Crippen molar-refractivity contribution in [3.05, 3.63) is 65.7 Å². The van der Waals surface area contributed by atoms with Crippen LogP contribution in [-0.4, -0.2) is 74.5 Å². The van der Waals surface area contributed by atoms with Gasteiger partial charge >= 0.3 is 0 Å². The van der Waals surface area contributed by atoms with E-state index < -0.39 is 0 Å². The van der Waals surface area contributed by atoms with Crippen molar-refractivity contribution in [2.45, 2.75) is 51.0 Å². The Morgan fingerprint density at radius 1 is 1.03 bits per heavy atom. The molecule has 36 heavy (non-hydrogen) atoms. The van der Waals surface area contributed by atoms with E-state index in [-0.39, 0.29) is 11.4 Å². The molecule has 0 radical (unpaired) electrons. The van der Waals surface area contributed by atoms with Crippen molar-refractivity contribution in [2.24, 2.45) is 11.8 Å². The standard InChI is InChI=1S/C31H46N4O/c1-24(2)27(28-23-32-29-15-10-9-14-26(28)29)22-30(36)34(5)18-11-19-35-20-16-31(17-21-35,33(3)4)25-12-7-6-8-13-25/h6-10,12-15,24,27-28,32H,11,16-23H2,1-5H3. The first-order valence-corrected chi connectivity index (χ1v) is 13.8. The minimum atomic E-state index is 0.129. The molecule has 0 aliphatic carbocycles. The van der Waals surface area contributed by atoms with Crippen LogP contribution in [-0.2, 0) is 10.3 Å². The number of amides is 1. The average Bonchev–Trinajstić information content (AvgIpc) is 3.31. The number of para-hydroxylation sites is 1. The van der Waals surface area contributed by atoms with Gasteiger partial charge in [-0.3, -0.25) is 9.69 Å². The largest absolute Gasteiger partial charge is 0.384 e. The highest BCUT2D eigenvalue weighted by Crippen LogP contribution is 2.41. The van der Waals surface area contributed by atoms with Crippen molar-refractivity contribution in [1.82, 2.24) is 14.7 Å². The van der Waals surface area contributed by atoms with Crippen LogP contribution in [0.4, 0.5) is 5.69 Å². The second kappa shape index (κ2) is 11.8. The van der Waals surface area contributed by atoms with E-state index in [0.717, 1.165) is 52.0 Å². The highest BCUT2D eigenvalue weighted by atomic mass is 16.2. The zero-order valence-corrected chi connectivity index (χ0v) is 23.0. The molecule has 2 aliphatic rings. The number of fused-ring (bicyclic) bond motifs is 1. The van der Waals surface area contributed by atoms with E-state index in [1.807, 2.05) is 11.9 Å². The first kappa shape index (κ1) is 26.7. The second-order valence-corrected chi connectivity index (χ2v) is 11.5. The summed E-state index contributed by atoms with van der Waals surface area (Å²) in [6, 6.07) is 19.6. The molecule has 1 fully saturated rings. The fourth-order valence-electron chi connectivity index (χ4n) is 6.44. The fraction of sp³-hybridized carbons (Fsp3) is 0.581. The van der Waals surface area contributed by atoms with Crippen LogP contribution in [0.5, 0.6) is 0 Å². The lowest BCUT2D eigenvalue weighted by Gasteiger charge is -2.46. The van der Waals surface area contributed by atoms with Crippen molar-refractivity contribution in [1.29, 1.82) is 0 Å². The first-order chi connectivity index (χ1) is 17.3. The van der Waals surface area contributed by atoms with Crippen LogP contribution >= 0.6 is 0 Å². The molecule has 2 aliphatic heterocycles. The second-order valence-electron chi connectivity index (χ2n) is 11.5. The molecule has 2 atom stereocenters. The Bertz CT molecular complexity index is 981. The number of hydrogen-bond acceptors (Lipinski definition) is 4. The number of piperidine rings is 1. The molecule has 0 bridgehead atoms. The van der Waals surface area contributed by atoms with Crippen molar-refractivity contribution < 1.29 is 4.79 Å². The van der Waals surface area contributed by atoms with Gasteiger partial charge in [0.2, 0.25) is 5.91 Å². The van der Waals surface area contributed by atoms with Crippen LogP contribution in [0.1, 0.15) is 56.6 Å². The summed E-state index contributed by atoms with van der Waals surface area (Å²) in [4.78, 5) is 20.2. The third-order valence-electron chi connectivity index (χ3n) is 8.90. The number of nitrogens with zero attached hydrogens (tertiary/aromatic N) is 3. The van der Waals surface area contributed by atoms with Crippen LogP contribution in [0.2, 0.25) is 0 Å². The van der Waals surface area contributed by atoms with Gasteiger partial charge < -0.3 is 15.1 Å². The number of hydrogen-bond donors (Lipinski definition) is 1. The van der Waals surface area contributed by atoms with Crippen molar-refractivity contribution in [3.63, 3.8) is 0 Å². The van der Waals surface area contributed by atoms with Gasteiger partial charge in [-0.05, 0) is 68.9 Å². The topological polar surface area (TPSA) is 38.8 Å². The minimum Gasteiger partial charge on any atom is -0.384 e. The summed E-state index contributed by atoms with van der Waals surface area (Å²) in [5.41, 5.74) is 4.17. The molecule has 196 valence electrons. The third-order valence-corrected chi connectivity index (χ3v) is 8.90. The molecule has 0 spiro atoms. The van der Waals surface area contributed by atoms with Crippen LogP contribution in [0.25, 0.3) is 0 Å². The normalized spacial score (nSPS) is 20.2. The molecule has 2 aromatic rings.